The Morgan fingerprint density at radius 3 is 1.85 bits per heavy atom. The molecule has 10 nitrogen and oxygen atoms in total. The zero-order valence-corrected chi connectivity index (χ0v) is 34.9. The third-order valence-electron chi connectivity index (χ3n) is 8.74. The number of aliphatic carboxylic acids is 3. The van der Waals surface area contributed by atoms with Gasteiger partial charge in [0, 0.05) is 50.7 Å². The van der Waals surface area contributed by atoms with Gasteiger partial charge in [0.25, 0.3) is 0 Å². The zero-order valence-electron chi connectivity index (χ0n) is 28.9. The molecule has 232 valence electrons. The van der Waals surface area contributed by atoms with Crippen molar-refractivity contribution in [1.82, 2.24) is 19.9 Å². The molecule has 0 saturated carbocycles. The summed E-state index contributed by atoms with van der Waals surface area (Å²) in [4.78, 5) is 52.4. The van der Waals surface area contributed by atoms with Gasteiger partial charge in [0.1, 0.15) is 0 Å². The van der Waals surface area contributed by atoms with Gasteiger partial charge in [-0.1, -0.05) is 19.6 Å². The maximum Gasteiger partial charge on any atom is 1.00 e. The van der Waals surface area contributed by atoms with Crippen molar-refractivity contribution in [2.45, 2.75) is 66.7 Å². The summed E-state index contributed by atoms with van der Waals surface area (Å²) in [6, 6.07) is 5.64. The predicted octanol–water partition coefficient (Wildman–Crippen LogP) is -6.03. The Morgan fingerprint density at radius 2 is 1.27 bits per heavy atom. The van der Waals surface area contributed by atoms with E-state index in [1.807, 2.05) is 32.9 Å². The Labute approximate surface area is 345 Å². The van der Waals surface area contributed by atoms with Gasteiger partial charge in [-0.2, -0.15) is 0 Å². The van der Waals surface area contributed by atoms with Crippen LogP contribution in [0.2, 0.25) is 0 Å². The molecule has 2 aliphatic heterocycles. The van der Waals surface area contributed by atoms with E-state index in [-0.39, 0.29) is 130 Å². The second kappa shape index (κ2) is 17.1. The molecule has 0 spiro atoms. The van der Waals surface area contributed by atoms with Crippen LogP contribution in [0.5, 0.6) is 0 Å². The maximum atomic E-state index is 12.6. The van der Waals surface area contributed by atoms with Crippen LogP contribution in [0.25, 0.3) is 50.4 Å². The number of aryl methyl sites for hydroxylation is 3. The van der Waals surface area contributed by atoms with E-state index < -0.39 is 24.3 Å². The number of hydrogen-bond acceptors (Lipinski definition) is 8. The van der Waals surface area contributed by atoms with Gasteiger partial charge in [-0.15, -0.1) is 0 Å². The first-order valence-electron chi connectivity index (χ1n) is 14.8. The number of allylic oxidation sites excluding steroid dienone is 3. The van der Waals surface area contributed by atoms with Crippen LogP contribution >= 0.6 is 0 Å². The van der Waals surface area contributed by atoms with Crippen molar-refractivity contribution in [2.24, 2.45) is 0 Å². The Morgan fingerprint density at radius 1 is 0.729 bits per heavy atom. The predicted molar refractivity (Wildman–Crippen MR) is 167 cm³/mol. The average molecular weight is 675 g/mol. The first kappa shape index (κ1) is 41.9. The molecule has 2 N–H and O–H groups in total. The molecule has 2 aliphatic rings. The smallest absolute Gasteiger partial charge is 0.550 e. The summed E-state index contributed by atoms with van der Waals surface area (Å²) in [6.07, 6.45) is 1.60. The first-order valence-corrected chi connectivity index (χ1v) is 14.8. The van der Waals surface area contributed by atoms with Gasteiger partial charge in [-0.25, -0.2) is 9.97 Å². The largest absolute Gasteiger partial charge is 1.00 e. The van der Waals surface area contributed by atoms with Crippen molar-refractivity contribution in [1.29, 1.82) is 0 Å². The first-order chi connectivity index (χ1) is 21.4. The van der Waals surface area contributed by atoms with Crippen LogP contribution in [0.15, 0.2) is 24.8 Å². The molecular weight excluding hydrogens is 641 g/mol. The molecule has 0 atom stereocenters. The summed E-state index contributed by atoms with van der Waals surface area (Å²) in [5.74, 6) is -4.07. The van der Waals surface area contributed by atoms with E-state index >= 15 is 0 Å². The van der Waals surface area contributed by atoms with E-state index in [4.69, 9.17) is 9.97 Å². The summed E-state index contributed by atoms with van der Waals surface area (Å²) >= 11 is 0. The van der Waals surface area contributed by atoms with Crippen molar-refractivity contribution in [2.75, 3.05) is 0 Å². The number of carboxylic acid groups (broad SMARTS) is 3. The van der Waals surface area contributed by atoms with Crippen molar-refractivity contribution in [3.8, 4) is 0 Å². The fourth-order valence-corrected chi connectivity index (χ4v) is 6.27. The summed E-state index contributed by atoms with van der Waals surface area (Å²) in [6.45, 7) is 13.5. The standard InChI is InChI=1S/C35H36N4O6.3Na/c1-7-20-16(3)24-13-26-18(5)22(9-11-30(40)41)33(38-26)23(10-12-31(42)43)34-32(35(44)45)19(6)27(39-34)15-29-21(8-2)17(4)25(37-29)14-28(20)36-24;;;/h7,13-15,36-37H,1,8-12H2,2-6H3,(H,40,41)(H,42,43)(H,44,45);;;/q;3*+1/p-3. The van der Waals surface area contributed by atoms with Crippen molar-refractivity contribution in [3.05, 3.63) is 75.4 Å². The van der Waals surface area contributed by atoms with E-state index in [0.29, 0.717) is 34.5 Å². The Hall–Kier alpha value is -2.25. The molecule has 0 saturated heterocycles. The number of rotatable bonds is 9. The molecule has 48 heavy (non-hydrogen) atoms. The zero-order chi connectivity index (χ0) is 32.7. The Bertz CT molecular complexity index is 2060. The second-order valence-electron chi connectivity index (χ2n) is 11.3. The van der Waals surface area contributed by atoms with Crippen molar-refractivity contribution >= 4 is 68.3 Å². The monoisotopic (exact) mass is 674 g/mol. The van der Waals surface area contributed by atoms with Crippen LogP contribution in [-0.2, 0) is 27.2 Å². The van der Waals surface area contributed by atoms with E-state index in [9.17, 15) is 29.7 Å². The number of nitrogens with one attached hydrogen (secondary N) is 2. The molecule has 0 fully saturated rings. The number of nitrogens with zero attached hydrogens (tertiary/aromatic N) is 2. The average Bonchev–Trinajstić information content (AvgIpc) is 3.65. The van der Waals surface area contributed by atoms with E-state index in [1.165, 1.54) is 0 Å². The molecule has 5 heterocycles. The van der Waals surface area contributed by atoms with Crippen LogP contribution in [0.1, 0.15) is 90.6 Å². The fraction of sp³-hybridized carbons (Fsp3) is 0.286. The van der Waals surface area contributed by atoms with Crippen LogP contribution in [0.3, 0.4) is 0 Å². The van der Waals surface area contributed by atoms with Gasteiger partial charge < -0.3 is 39.7 Å². The molecule has 3 aromatic rings. The van der Waals surface area contributed by atoms with Gasteiger partial charge in [0.05, 0.1) is 28.7 Å². The van der Waals surface area contributed by atoms with Gasteiger partial charge in [-0.05, 0) is 111 Å². The van der Waals surface area contributed by atoms with Crippen molar-refractivity contribution < 1.29 is 118 Å². The number of H-pyrrole nitrogens is 2. The van der Waals surface area contributed by atoms with Crippen LogP contribution in [0, 0.1) is 13.8 Å². The van der Waals surface area contributed by atoms with Crippen LogP contribution < -0.4 is 104 Å². The summed E-state index contributed by atoms with van der Waals surface area (Å²) in [7, 11) is 0. The molecular formula is C35H33N4Na3O6. The topological polar surface area (TPSA) is 178 Å². The molecule has 0 aliphatic carbocycles. The van der Waals surface area contributed by atoms with Crippen LogP contribution in [-0.4, -0.2) is 37.8 Å². The van der Waals surface area contributed by atoms with E-state index in [0.717, 1.165) is 44.3 Å². The molecule has 0 aromatic carbocycles. The normalized spacial score (nSPS) is 12.2. The quantitative estimate of drug-likeness (QED) is 0.211. The molecule has 3 aromatic heterocycles. The maximum absolute atomic E-state index is 12.6. The van der Waals surface area contributed by atoms with E-state index in [2.05, 4.69) is 16.5 Å². The minimum absolute atomic E-state index is 0. The number of aromatic nitrogens is 4. The SMILES string of the molecule is C=Cc1c(C)c2cc3nc(c(CCC(=O)[O-])c4nc(cc5[nH]c(cc1[nH]2)c(C)c5CC)C(C)=C4C(=O)[O-])C(CCC(=O)[O-])=C3C.[Na+].[Na+].[Na+]. The molecule has 0 radical (unpaired) electrons. The van der Waals surface area contributed by atoms with Gasteiger partial charge in [-0.3, -0.25) is 0 Å². The molecule has 13 heteroatoms. The Balaban J connectivity index is 0.00000267. The van der Waals surface area contributed by atoms with Gasteiger partial charge >= 0.3 is 88.7 Å². The summed E-state index contributed by atoms with van der Waals surface area (Å²) in [5.41, 5.74) is 9.94. The number of carboxylic acids is 3. The van der Waals surface area contributed by atoms with Crippen LogP contribution in [0.4, 0.5) is 0 Å². The summed E-state index contributed by atoms with van der Waals surface area (Å²) < 4.78 is 0. The van der Waals surface area contributed by atoms with Gasteiger partial charge in [0.2, 0.25) is 0 Å². The molecule has 5 rings (SSSR count). The number of carbonyl (C=O) groups is 3. The summed E-state index contributed by atoms with van der Waals surface area (Å²) in [5, 5.41) is 35.8. The number of carbonyl (C=O) groups excluding carboxylic acids is 3. The molecule has 0 amide bonds. The molecule has 8 bridgehead atoms. The minimum Gasteiger partial charge on any atom is -0.550 e. The van der Waals surface area contributed by atoms with E-state index in [1.54, 1.807) is 26.0 Å². The molecule has 0 unspecified atom stereocenters. The van der Waals surface area contributed by atoms with Crippen molar-refractivity contribution in [3.63, 3.8) is 0 Å². The number of aromatic amines is 2. The third-order valence-corrected chi connectivity index (χ3v) is 8.74. The fourth-order valence-electron chi connectivity index (χ4n) is 6.27. The number of hydrogen-bond donors (Lipinski definition) is 2. The number of fused-ring (bicyclic) bond motifs is 8. The third kappa shape index (κ3) is 8.04. The second-order valence-corrected chi connectivity index (χ2v) is 11.3. The Kier molecular flexibility index (Phi) is 14.9. The minimum atomic E-state index is -1.47. The van der Waals surface area contributed by atoms with Gasteiger partial charge in [0.15, 0.2) is 0 Å².